The van der Waals surface area contributed by atoms with Crippen molar-refractivity contribution < 1.29 is 23.8 Å². The smallest absolute Gasteiger partial charge is 0.410 e. The first kappa shape index (κ1) is 20.9. The van der Waals surface area contributed by atoms with Gasteiger partial charge in [-0.2, -0.15) is 0 Å². The largest absolute Gasteiger partial charge is 0.490 e. The molecule has 1 N–H and O–H groups in total. The number of hydrogen-bond acceptors (Lipinski definition) is 5. The summed E-state index contributed by atoms with van der Waals surface area (Å²) in [6, 6.07) is 4.73. The van der Waals surface area contributed by atoms with Crippen LogP contribution in [0.3, 0.4) is 0 Å². The molecule has 1 aliphatic heterocycles. The maximum Gasteiger partial charge on any atom is 0.410 e. The summed E-state index contributed by atoms with van der Waals surface area (Å²) < 4.78 is 16.5. The van der Waals surface area contributed by atoms with Crippen LogP contribution >= 0.6 is 0 Å². The molecule has 1 saturated heterocycles. The fourth-order valence-corrected chi connectivity index (χ4v) is 2.93. The summed E-state index contributed by atoms with van der Waals surface area (Å²) in [5.74, 6) is 0.978. The number of anilines is 1. The molecule has 0 saturated carbocycles. The fraction of sp³-hybridized carbons (Fsp3) is 0.600. The molecule has 1 atom stereocenters. The number of rotatable bonds is 6. The SMILES string of the molecule is CCOc1ccc(NC(=O)[C@@H]2CCCN2C(=O)OC(C)(C)C)cc1OCC. The van der Waals surface area contributed by atoms with Crippen molar-refractivity contribution in [2.45, 2.75) is 59.1 Å². The highest BCUT2D eigenvalue weighted by molar-refractivity contribution is 5.97. The number of ether oxygens (including phenoxy) is 3. The van der Waals surface area contributed by atoms with E-state index in [1.807, 2.05) is 34.6 Å². The molecule has 0 spiro atoms. The van der Waals surface area contributed by atoms with Crippen molar-refractivity contribution in [3.8, 4) is 11.5 Å². The lowest BCUT2D eigenvalue weighted by Gasteiger charge is -2.28. The molecule has 2 rings (SSSR count). The van der Waals surface area contributed by atoms with E-state index in [0.717, 1.165) is 6.42 Å². The van der Waals surface area contributed by atoms with Crippen LogP contribution < -0.4 is 14.8 Å². The zero-order valence-corrected chi connectivity index (χ0v) is 16.8. The number of nitrogens with zero attached hydrogens (tertiary/aromatic N) is 1. The van der Waals surface area contributed by atoms with Gasteiger partial charge in [0.15, 0.2) is 11.5 Å². The van der Waals surface area contributed by atoms with Crippen molar-refractivity contribution in [3.05, 3.63) is 18.2 Å². The van der Waals surface area contributed by atoms with E-state index < -0.39 is 17.7 Å². The van der Waals surface area contributed by atoms with Crippen molar-refractivity contribution in [1.29, 1.82) is 0 Å². The summed E-state index contributed by atoms with van der Waals surface area (Å²) in [5.41, 5.74) is 0.00491. The zero-order valence-electron chi connectivity index (χ0n) is 16.8. The molecule has 2 amide bonds. The normalized spacial score (nSPS) is 16.8. The molecule has 0 bridgehead atoms. The van der Waals surface area contributed by atoms with Crippen molar-refractivity contribution in [1.82, 2.24) is 4.90 Å². The van der Waals surface area contributed by atoms with E-state index in [4.69, 9.17) is 14.2 Å². The standard InChI is InChI=1S/C20H30N2O5/c1-6-25-16-11-10-14(13-17(16)26-7-2)21-18(23)15-9-8-12-22(15)19(24)27-20(3,4)5/h10-11,13,15H,6-9,12H2,1-5H3,(H,21,23)/t15-/m0/s1. The first-order chi connectivity index (χ1) is 12.7. The van der Waals surface area contributed by atoms with Crippen LogP contribution in [-0.2, 0) is 9.53 Å². The Bertz CT molecular complexity index is 669. The number of amides is 2. The number of carbonyl (C=O) groups excluding carboxylic acids is 2. The molecular weight excluding hydrogens is 348 g/mol. The molecule has 1 aromatic carbocycles. The van der Waals surface area contributed by atoms with Gasteiger partial charge in [-0.3, -0.25) is 9.69 Å². The Morgan fingerprint density at radius 1 is 1.15 bits per heavy atom. The summed E-state index contributed by atoms with van der Waals surface area (Å²) in [6.45, 7) is 10.8. The molecule has 0 radical (unpaired) electrons. The quantitative estimate of drug-likeness (QED) is 0.814. The van der Waals surface area contributed by atoms with Gasteiger partial charge in [-0.1, -0.05) is 0 Å². The van der Waals surface area contributed by atoms with Gasteiger partial charge < -0.3 is 19.5 Å². The molecule has 0 aromatic heterocycles. The Balaban J connectivity index is 2.09. The number of carbonyl (C=O) groups is 2. The van der Waals surface area contributed by atoms with Crippen molar-refractivity contribution in [2.24, 2.45) is 0 Å². The van der Waals surface area contributed by atoms with Gasteiger partial charge in [-0.05, 0) is 59.6 Å². The molecule has 0 aliphatic carbocycles. The average Bonchev–Trinajstić information content (AvgIpc) is 3.06. The van der Waals surface area contributed by atoms with Gasteiger partial charge in [0.25, 0.3) is 0 Å². The number of benzene rings is 1. The monoisotopic (exact) mass is 378 g/mol. The summed E-state index contributed by atoms with van der Waals surface area (Å²) in [7, 11) is 0. The maximum absolute atomic E-state index is 12.7. The molecule has 7 heteroatoms. The third-order valence-electron chi connectivity index (χ3n) is 3.99. The van der Waals surface area contributed by atoms with Crippen molar-refractivity contribution in [2.75, 3.05) is 25.1 Å². The lowest BCUT2D eigenvalue weighted by Crippen LogP contribution is -2.45. The van der Waals surface area contributed by atoms with E-state index in [1.165, 1.54) is 4.90 Å². The molecule has 1 aromatic rings. The number of nitrogens with one attached hydrogen (secondary N) is 1. The van der Waals surface area contributed by atoms with E-state index in [0.29, 0.717) is 43.4 Å². The minimum atomic E-state index is -0.595. The summed E-state index contributed by atoms with van der Waals surface area (Å²) >= 11 is 0. The van der Waals surface area contributed by atoms with Crippen molar-refractivity contribution >= 4 is 17.7 Å². The van der Waals surface area contributed by atoms with E-state index >= 15 is 0 Å². The van der Waals surface area contributed by atoms with Crippen LogP contribution in [0.4, 0.5) is 10.5 Å². The topological polar surface area (TPSA) is 77.1 Å². The highest BCUT2D eigenvalue weighted by Crippen LogP contribution is 2.31. The van der Waals surface area contributed by atoms with Crippen LogP contribution in [0.5, 0.6) is 11.5 Å². The predicted octanol–water partition coefficient (Wildman–Crippen LogP) is 3.82. The van der Waals surface area contributed by atoms with Crippen LogP contribution in [0.25, 0.3) is 0 Å². The highest BCUT2D eigenvalue weighted by atomic mass is 16.6. The Morgan fingerprint density at radius 3 is 2.44 bits per heavy atom. The first-order valence-corrected chi connectivity index (χ1v) is 9.45. The van der Waals surface area contributed by atoms with Gasteiger partial charge in [-0.25, -0.2) is 4.79 Å². The Morgan fingerprint density at radius 2 is 1.81 bits per heavy atom. The average molecular weight is 378 g/mol. The molecular formula is C20H30N2O5. The van der Waals surface area contributed by atoms with Gasteiger partial charge in [0.1, 0.15) is 11.6 Å². The zero-order chi connectivity index (χ0) is 20.0. The highest BCUT2D eigenvalue weighted by Gasteiger charge is 2.36. The summed E-state index contributed by atoms with van der Waals surface area (Å²) in [6.07, 6.45) is 0.924. The van der Waals surface area contributed by atoms with Crippen LogP contribution in [0.1, 0.15) is 47.5 Å². The van der Waals surface area contributed by atoms with Crippen LogP contribution in [-0.4, -0.2) is 48.3 Å². The first-order valence-electron chi connectivity index (χ1n) is 9.45. The molecule has 1 aliphatic rings. The minimum Gasteiger partial charge on any atom is -0.490 e. The maximum atomic E-state index is 12.7. The lowest BCUT2D eigenvalue weighted by atomic mass is 10.2. The third-order valence-corrected chi connectivity index (χ3v) is 3.99. The van der Waals surface area contributed by atoms with Gasteiger partial charge in [0, 0.05) is 18.3 Å². The van der Waals surface area contributed by atoms with E-state index in [2.05, 4.69) is 5.32 Å². The molecule has 0 unspecified atom stereocenters. The van der Waals surface area contributed by atoms with E-state index in [-0.39, 0.29) is 5.91 Å². The van der Waals surface area contributed by atoms with Crippen LogP contribution in [0.15, 0.2) is 18.2 Å². The molecule has 1 heterocycles. The predicted molar refractivity (Wildman–Crippen MR) is 103 cm³/mol. The van der Waals surface area contributed by atoms with Gasteiger partial charge in [0.2, 0.25) is 5.91 Å². The molecule has 150 valence electrons. The minimum absolute atomic E-state index is 0.232. The molecule has 1 fully saturated rings. The van der Waals surface area contributed by atoms with Gasteiger partial charge in [-0.15, -0.1) is 0 Å². The lowest BCUT2D eigenvalue weighted by molar-refractivity contribution is -0.120. The second-order valence-corrected chi connectivity index (χ2v) is 7.35. The third kappa shape index (κ3) is 5.77. The van der Waals surface area contributed by atoms with Gasteiger partial charge >= 0.3 is 6.09 Å². The molecule has 7 nitrogen and oxygen atoms in total. The summed E-state index contributed by atoms with van der Waals surface area (Å²) in [5, 5.41) is 2.88. The Kier molecular flexibility index (Phi) is 6.93. The second-order valence-electron chi connectivity index (χ2n) is 7.35. The summed E-state index contributed by atoms with van der Waals surface area (Å²) in [4.78, 5) is 26.6. The van der Waals surface area contributed by atoms with Crippen LogP contribution in [0.2, 0.25) is 0 Å². The Hall–Kier alpha value is -2.44. The van der Waals surface area contributed by atoms with Crippen molar-refractivity contribution in [3.63, 3.8) is 0 Å². The fourth-order valence-electron chi connectivity index (χ4n) is 2.93. The second kappa shape index (κ2) is 8.97. The van der Waals surface area contributed by atoms with Gasteiger partial charge in [0.05, 0.1) is 13.2 Å². The van der Waals surface area contributed by atoms with Crippen LogP contribution in [0, 0.1) is 0 Å². The Labute approximate surface area is 161 Å². The number of likely N-dealkylation sites (tertiary alicyclic amines) is 1. The van der Waals surface area contributed by atoms with E-state index in [9.17, 15) is 9.59 Å². The molecule has 27 heavy (non-hydrogen) atoms. The van der Waals surface area contributed by atoms with E-state index in [1.54, 1.807) is 18.2 Å². The number of hydrogen-bond donors (Lipinski definition) is 1.